The van der Waals surface area contributed by atoms with Gasteiger partial charge in [0.1, 0.15) is 11.0 Å². The molecular weight excluding hydrogens is 262 g/mol. The Morgan fingerprint density at radius 3 is 3.05 bits per heavy atom. The van der Waals surface area contributed by atoms with Gasteiger partial charge in [0.2, 0.25) is 11.8 Å². The Kier molecular flexibility index (Phi) is 3.16. The van der Waals surface area contributed by atoms with E-state index in [-0.39, 0.29) is 17.9 Å². The number of para-hydroxylation sites is 1. The molecule has 0 aliphatic carbocycles. The molecule has 0 radical (unpaired) electrons. The minimum absolute atomic E-state index is 0.0554. The first-order chi connectivity index (χ1) is 9.22. The standard InChI is InChI=1S/C13H13N3O2S/c17-11-6-5-9(15-11)13(18)14-7-12-16-8-3-1-2-4-10(8)19-12/h1-4,9H,5-7H2,(H,14,18)(H,15,17). The molecule has 1 atom stereocenters. The lowest BCUT2D eigenvalue weighted by molar-refractivity contribution is -0.125. The highest BCUT2D eigenvalue weighted by Crippen LogP contribution is 2.21. The van der Waals surface area contributed by atoms with E-state index in [2.05, 4.69) is 15.6 Å². The fourth-order valence-electron chi connectivity index (χ4n) is 2.09. The molecule has 19 heavy (non-hydrogen) atoms. The summed E-state index contributed by atoms with van der Waals surface area (Å²) in [7, 11) is 0. The van der Waals surface area contributed by atoms with Gasteiger partial charge in [-0.05, 0) is 18.6 Å². The predicted octanol–water partition coefficient (Wildman–Crippen LogP) is 1.19. The lowest BCUT2D eigenvalue weighted by Crippen LogP contribution is -2.41. The van der Waals surface area contributed by atoms with Crippen molar-refractivity contribution in [1.82, 2.24) is 15.6 Å². The van der Waals surface area contributed by atoms with Crippen LogP contribution in [-0.2, 0) is 16.1 Å². The van der Waals surface area contributed by atoms with Gasteiger partial charge in [-0.15, -0.1) is 11.3 Å². The molecule has 2 N–H and O–H groups in total. The molecule has 1 aromatic heterocycles. The normalized spacial score (nSPS) is 18.5. The van der Waals surface area contributed by atoms with E-state index in [0.717, 1.165) is 15.2 Å². The molecule has 2 amide bonds. The Hall–Kier alpha value is -1.95. The van der Waals surface area contributed by atoms with E-state index in [9.17, 15) is 9.59 Å². The van der Waals surface area contributed by atoms with Crippen molar-refractivity contribution in [3.8, 4) is 0 Å². The van der Waals surface area contributed by atoms with E-state index in [4.69, 9.17) is 0 Å². The monoisotopic (exact) mass is 275 g/mol. The number of thiazole rings is 1. The van der Waals surface area contributed by atoms with Crippen molar-refractivity contribution < 1.29 is 9.59 Å². The molecule has 98 valence electrons. The van der Waals surface area contributed by atoms with Gasteiger partial charge in [-0.2, -0.15) is 0 Å². The SMILES string of the molecule is O=C1CCC(C(=O)NCc2nc3ccccc3s2)N1. The van der Waals surface area contributed by atoms with Gasteiger partial charge in [0.25, 0.3) is 0 Å². The molecule has 0 saturated carbocycles. The number of fused-ring (bicyclic) bond motifs is 1. The minimum atomic E-state index is -0.387. The van der Waals surface area contributed by atoms with Gasteiger partial charge in [0, 0.05) is 6.42 Å². The second-order valence-corrected chi connectivity index (χ2v) is 5.57. The van der Waals surface area contributed by atoms with Crippen LogP contribution in [0.15, 0.2) is 24.3 Å². The second-order valence-electron chi connectivity index (χ2n) is 4.45. The summed E-state index contributed by atoms with van der Waals surface area (Å²) in [4.78, 5) is 27.3. The summed E-state index contributed by atoms with van der Waals surface area (Å²) in [5.74, 6) is -0.190. The number of hydrogen-bond acceptors (Lipinski definition) is 4. The Labute approximate surface area is 114 Å². The maximum Gasteiger partial charge on any atom is 0.242 e. The van der Waals surface area contributed by atoms with Gasteiger partial charge in [-0.25, -0.2) is 4.98 Å². The van der Waals surface area contributed by atoms with Crippen LogP contribution in [-0.4, -0.2) is 22.8 Å². The van der Waals surface area contributed by atoms with Crippen molar-refractivity contribution >= 4 is 33.4 Å². The van der Waals surface area contributed by atoms with Crippen LogP contribution in [0.2, 0.25) is 0 Å². The van der Waals surface area contributed by atoms with Gasteiger partial charge < -0.3 is 10.6 Å². The maximum absolute atomic E-state index is 11.8. The summed E-state index contributed by atoms with van der Waals surface area (Å²) < 4.78 is 1.11. The Balaban J connectivity index is 1.62. The molecule has 1 aliphatic heterocycles. The zero-order chi connectivity index (χ0) is 13.2. The molecular formula is C13H13N3O2S. The molecule has 2 heterocycles. The van der Waals surface area contributed by atoms with Crippen molar-refractivity contribution in [2.45, 2.75) is 25.4 Å². The zero-order valence-corrected chi connectivity index (χ0v) is 11.0. The molecule has 3 rings (SSSR count). The highest BCUT2D eigenvalue weighted by atomic mass is 32.1. The van der Waals surface area contributed by atoms with Gasteiger partial charge in [-0.1, -0.05) is 12.1 Å². The van der Waals surface area contributed by atoms with E-state index in [0.29, 0.717) is 19.4 Å². The number of carbonyl (C=O) groups excluding carboxylic acids is 2. The van der Waals surface area contributed by atoms with Gasteiger partial charge in [-0.3, -0.25) is 9.59 Å². The smallest absolute Gasteiger partial charge is 0.242 e. The van der Waals surface area contributed by atoms with Crippen LogP contribution in [0.4, 0.5) is 0 Å². The van der Waals surface area contributed by atoms with Gasteiger partial charge >= 0.3 is 0 Å². The summed E-state index contributed by atoms with van der Waals surface area (Å²) >= 11 is 1.57. The van der Waals surface area contributed by atoms with Crippen LogP contribution in [0.25, 0.3) is 10.2 Å². The molecule has 6 heteroatoms. The number of carbonyl (C=O) groups is 2. The highest BCUT2D eigenvalue weighted by molar-refractivity contribution is 7.18. The van der Waals surface area contributed by atoms with Crippen LogP contribution >= 0.6 is 11.3 Å². The van der Waals surface area contributed by atoms with Crippen molar-refractivity contribution in [3.63, 3.8) is 0 Å². The molecule has 1 aliphatic rings. The number of aromatic nitrogens is 1. The topological polar surface area (TPSA) is 71.1 Å². The number of nitrogens with zero attached hydrogens (tertiary/aromatic N) is 1. The summed E-state index contributed by atoms with van der Waals surface area (Å²) in [6.07, 6.45) is 1.00. The van der Waals surface area contributed by atoms with Gasteiger partial charge in [0.15, 0.2) is 0 Å². The molecule has 1 aromatic carbocycles. The van der Waals surface area contributed by atoms with Crippen molar-refractivity contribution in [2.24, 2.45) is 0 Å². The van der Waals surface area contributed by atoms with Gasteiger partial charge in [0.05, 0.1) is 16.8 Å². The quantitative estimate of drug-likeness (QED) is 0.884. The average molecular weight is 275 g/mol. The Bertz CT molecular complexity index is 605. The van der Waals surface area contributed by atoms with Crippen LogP contribution in [0.5, 0.6) is 0 Å². The van der Waals surface area contributed by atoms with Crippen LogP contribution < -0.4 is 10.6 Å². The van der Waals surface area contributed by atoms with Crippen molar-refractivity contribution in [1.29, 1.82) is 0 Å². The van der Waals surface area contributed by atoms with E-state index in [1.165, 1.54) is 0 Å². The zero-order valence-electron chi connectivity index (χ0n) is 10.2. The molecule has 5 nitrogen and oxygen atoms in total. The molecule has 0 spiro atoms. The number of nitrogens with one attached hydrogen (secondary N) is 2. The third-order valence-electron chi connectivity index (χ3n) is 3.06. The molecule has 1 saturated heterocycles. The lowest BCUT2D eigenvalue weighted by Gasteiger charge is -2.09. The molecule has 1 fully saturated rings. The van der Waals surface area contributed by atoms with Crippen molar-refractivity contribution in [3.05, 3.63) is 29.3 Å². The largest absolute Gasteiger partial charge is 0.348 e. The minimum Gasteiger partial charge on any atom is -0.348 e. The van der Waals surface area contributed by atoms with E-state index < -0.39 is 0 Å². The van der Waals surface area contributed by atoms with Crippen molar-refractivity contribution in [2.75, 3.05) is 0 Å². The fraction of sp³-hybridized carbons (Fsp3) is 0.308. The number of rotatable bonds is 3. The first-order valence-corrected chi connectivity index (χ1v) is 6.95. The maximum atomic E-state index is 11.8. The number of benzene rings is 1. The Morgan fingerprint density at radius 2 is 2.32 bits per heavy atom. The summed E-state index contributed by atoms with van der Waals surface area (Å²) in [5, 5.41) is 6.34. The van der Waals surface area contributed by atoms with E-state index in [1.807, 2.05) is 24.3 Å². The number of amides is 2. The van der Waals surface area contributed by atoms with Crippen LogP contribution in [0, 0.1) is 0 Å². The summed E-state index contributed by atoms with van der Waals surface area (Å²) in [6.45, 7) is 0.407. The molecule has 1 unspecified atom stereocenters. The number of hydrogen-bond donors (Lipinski definition) is 2. The van der Waals surface area contributed by atoms with E-state index in [1.54, 1.807) is 11.3 Å². The third kappa shape index (κ3) is 2.58. The van der Waals surface area contributed by atoms with E-state index >= 15 is 0 Å². The molecule has 0 bridgehead atoms. The highest BCUT2D eigenvalue weighted by Gasteiger charge is 2.26. The summed E-state index contributed by atoms with van der Waals surface area (Å²) in [5.41, 5.74) is 0.950. The average Bonchev–Trinajstić information content (AvgIpc) is 3.01. The first kappa shape index (κ1) is 12.1. The third-order valence-corrected chi connectivity index (χ3v) is 4.10. The lowest BCUT2D eigenvalue weighted by atomic mass is 10.2. The molecule has 2 aromatic rings. The van der Waals surface area contributed by atoms with Crippen LogP contribution in [0.1, 0.15) is 17.8 Å². The second kappa shape index (κ2) is 4.97. The first-order valence-electron chi connectivity index (χ1n) is 6.14. The Morgan fingerprint density at radius 1 is 1.47 bits per heavy atom. The predicted molar refractivity (Wildman–Crippen MR) is 72.6 cm³/mol. The fourth-order valence-corrected chi connectivity index (χ4v) is 3.00. The summed E-state index contributed by atoms with van der Waals surface area (Å²) in [6, 6.07) is 7.49. The van der Waals surface area contributed by atoms with Crippen LogP contribution in [0.3, 0.4) is 0 Å².